The first-order valence-electron chi connectivity index (χ1n) is 6.09. The summed E-state index contributed by atoms with van der Waals surface area (Å²) < 4.78 is 5.38. The lowest BCUT2D eigenvalue weighted by Gasteiger charge is -1.99. The van der Waals surface area contributed by atoms with Gasteiger partial charge in [0.05, 0.1) is 12.1 Å². The van der Waals surface area contributed by atoms with Gasteiger partial charge in [-0.05, 0) is 24.8 Å². The smallest absolute Gasteiger partial charge is 0.215 e. The van der Waals surface area contributed by atoms with E-state index in [0.29, 0.717) is 23.8 Å². The first-order valence-corrected chi connectivity index (χ1v) is 6.09. The zero-order valence-electron chi connectivity index (χ0n) is 10.4. The lowest BCUT2D eigenvalue weighted by Crippen LogP contribution is -1.94. The fraction of sp³-hybridized carbons (Fsp3) is 0.538. The van der Waals surface area contributed by atoms with Crippen molar-refractivity contribution >= 4 is 11.2 Å². The summed E-state index contributed by atoms with van der Waals surface area (Å²) in [5, 5.41) is 0. The van der Waals surface area contributed by atoms with Crippen LogP contribution in [0.25, 0.3) is 11.2 Å². The highest BCUT2D eigenvalue weighted by Gasteiger charge is 2.48. The quantitative estimate of drug-likeness (QED) is 0.883. The molecule has 0 aliphatic heterocycles. The topological polar surface area (TPSA) is 50.8 Å². The summed E-state index contributed by atoms with van der Waals surface area (Å²) >= 11 is 0. The van der Waals surface area contributed by atoms with E-state index in [4.69, 9.17) is 4.74 Å². The third kappa shape index (κ3) is 1.77. The molecule has 1 atom stereocenters. The molecule has 0 saturated heterocycles. The Kier molecular flexibility index (Phi) is 2.15. The maximum Gasteiger partial charge on any atom is 0.215 e. The number of hydrogen-bond acceptors (Lipinski definition) is 3. The molecule has 0 amide bonds. The van der Waals surface area contributed by atoms with Crippen molar-refractivity contribution < 1.29 is 4.74 Å². The van der Waals surface area contributed by atoms with Gasteiger partial charge in [0.25, 0.3) is 0 Å². The van der Waals surface area contributed by atoms with Crippen LogP contribution in [0.4, 0.5) is 0 Å². The molecule has 1 saturated carbocycles. The average molecular weight is 231 g/mol. The molecule has 1 aliphatic carbocycles. The Hall–Kier alpha value is -1.58. The molecule has 2 aromatic heterocycles. The van der Waals surface area contributed by atoms with Crippen molar-refractivity contribution in [2.75, 3.05) is 6.61 Å². The molecule has 0 aromatic carbocycles. The number of rotatable bonds is 3. The largest absolute Gasteiger partial charge is 0.478 e. The predicted octanol–water partition coefficient (Wildman–Crippen LogP) is 2.87. The molecule has 1 unspecified atom stereocenters. The van der Waals surface area contributed by atoms with E-state index in [1.54, 1.807) is 0 Å². The predicted molar refractivity (Wildman–Crippen MR) is 66.2 cm³/mol. The molecule has 2 heterocycles. The van der Waals surface area contributed by atoms with Crippen molar-refractivity contribution in [1.82, 2.24) is 15.0 Å². The molecule has 1 fully saturated rings. The van der Waals surface area contributed by atoms with Crippen LogP contribution in [-0.4, -0.2) is 21.6 Å². The van der Waals surface area contributed by atoms with Crippen LogP contribution in [0.1, 0.15) is 38.9 Å². The number of imidazole rings is 1. The highest BCUT2D eigenvalue weighted by atomic mass is 16.5. The van der Waals surface area contributed by atoms with E-state index in [2.05, 4.69) is 28.8 Å². The van der Waals surface area contributed by atoms with Crippen molar-refractivity contribution in [3.05, 3.63) is 18.0 Å². The van der Waals surface area contributed by atoms with Gasteiger partial charge in [-0.25, -0.2) is 4.98 Å². The molecule has 17 heavy (non-hydrogen) atoms. The van der Waals surface area contributed by atoms with Crippen LogP contribution in [0.5, 0.6) is 5.88 Å². The fourth-order valence-electron chi connectivity index (χ4n) is 2.22. The monoisotopic (exact) mass is 231 g/mol. The summed E-state index contributed by atoms with van der Waals surface area (Å²) in [6.45, 7) is 7.12. The van der Waals surface area contributed by atoms with Gasteiger partial charge in [-0.2, -0.15) is 4.98 Å². The van der Waals surface area contributed by atoms with Gasteiger partial charge in [-0.1, -0.05) is 13.8 Å². The molecular weight excluding hydrogens is 214 g/mol. The SMILES string of the molecule is CCOc1ccc2[nH]c(C3CC3(C)C)nc2n1. The van der Waals surface area contributed by atoms with Gasteiger partial charge in [-0.3, -0.25) is 0 Å². The second-order valence-corrected chi connectivity index (χ2v) is 5.32. The lowest BCUT2D eigenvalue weighted by molar-refractivity contribution is 0.328. The molecule has 4 nitrogen and oxygen atoms in total. The van der Waals surface area contributed by atoms with E-state index in [0.717, 1.165) is 17.0 Å². The van der Waals surface area contributed by atoms with Gasteiger partial charge in [0, 0.05) is 12.0 Å². The van der Waals surface area contributed by atoms with Crippen LogP contribution >= 0.6 is 0 Å². The summed E-state index contributed by atoms with van der Waals surface area (Å²) in [7, 11) is 0. The first kappa shape index (κ1) is 10.6. The second-order valence-electron chi connectivity index (χ2n) is 5.32. The molecule has 3 rings (SSSR count). The number of aromatic nitrogens is 3. The molecule has 0 radical (unpaired) electrons. The van der Waals surface area contributed by atoms with Gasteiger partial charge in [-0.15, -0.1) is 0 Å². The first-order chi connectivity index (χ1) is 8.10. The van der Waals surface area contributed by atoms with Crippen LogP contribution in [0, 0.1) is 5.41 Å². The van der Waals surface area contributed by atoms with E-state index >= 15 is 0 Å². The molecule has 2 aromatic rings. The van der Waals surface area contributed by atoms with Gasteiger partial charge >= 0.3 is 0 Å². The Morgan fingerprint density at radius 3 is 2.82 bits per heavy atom. The number of aromatic amines is 1. The second kappa shape index (κ2) is 3.45. The van der Waals surface area contributed by atoms with Gasteiger partial charge in [0.2, 0.25) is 5.88 Å². The summed E-state index contributed by atoms with van der Waals surface area (Å²) in [6, 6.07) is 3.87. The standard InChI is InChI=1S/C13H17N3O/c1-4-17-10-6-5-9-12(15-10)16-11(14-9)8-7-13(8,2)3/h5-6,8H,4,7H2,1-3H3,(H,14,15,16). The summed E-state index contributed by atoms with van der Waals surface area (Å²) in [6.07, 6.45) is 1.20. The molecule has 90 valence electrons. The minimum atomic E-state index is 0.386. The van der Waals surface area contributed by atoms with Crippen LogP contribution in [-0.2, 0) is 0 Å². The average Bonchev–Trinajstić information content (AvgIpc) is 2.73. The number of nitrogens with zero attached hydrogens (tertiary/aromatic N) is 2. The van der Waals surface area contributed by atoms with Gasteiger partial charge in [0.15, 0.2) is 5.65 Å². The minimum Gasteiger partial charge on any atom is -0.478 e. The maximum atomic E-state index is 5.38. The summed E-state index contributed by atoms with van der Waals surface area (Å²) in [4.78, 5) is 12.3. The van der Waals surface area contributed by atoms with Crippen LogP contribution in [0.3, 0.4) is 0 Å². The number of ether oxygens (including phenoxy) is 1. The Balaban J connectivity index is 1.96. The molecule has 0 bridgehead atoms. The lowest BCUT2D eigenvalue weighted by atomic mass is 10.1. The zero-order valence-corrected chi connectivity index (χ0v) is 10.4. The van der Waals surface area contributed by atoms with E-state index in [1.165, 1.54) is 6.42 Å². The number of fused-ring (bicyclic) bond motifs is 1. The van der Waals surface area contributed by atoms with Crippen LogP contribution < -0.4 is 4.74 Å². The Morgan fingerprint density at radius 1 is 1.41 bits per heavy atom. The summed E-state index contributed by atoms with van der Waals surface area (Å²) in [5.41, 5.74) is 2.14. The molecule has 0 spiro atoms. The van der Waals surface area contributed by atoms with Crippen molar-refractivity contribution in [3.63, 3.8) is 0 Å². The summed E-state index contributed by atoms with van der Waals surface area (Å²) in [5.74, 6) is 2.26. The highest BCUT2D eigenvalue weighted by Crippen LogP contribution is 2.57. The third-order valence-corrected chi connectivity index (χ3v) is 3.47. The van der Waals surface area contributed by atoms with Gasteiger partial charge < -0.3 is 9.72 Å². The van der Waals surface area contributed by atoms with Gasteiger partial charge in [0.1, 0.15) is 5.82 Å². The van der Waals surface area contributed by atoms with E-state index in [-0.39, 0.29) is 0 Å². The number of pyridine rings is 1. The maximum absolute atomic E-state index is 5.38. The molecule has 1 aliphatic rings. The van der Waals surface area contributed by atoms with Crippen molar-refractivity contribution in [2.24, 2.45) is 5.41 Å². The highest BCUT2D eigenvalue weighted by molar-refractivity contribution is 5.71. The zero-order chi connectivity index (χ0) is 12.0. The minimum absolute atomic E-state index is 0.386. The van der Waals surface area contributed by atoms with Crippen LogP contribution in [0.15, 0.2) is 12.1 Å². The van der Waals surface area contributed by atoms with E-state index in [9.17, 15) is 0 Å². The van der Waals surface area contributed by atoms with E-state index < -0.39 is 0 Å². The Bertz CT molecular complexity index is 559. The van der Waals surface area contributed by atoms with Crippen molar-refractivity contribution in [2.45, 2.75) is 33.1 Å². The van der Waals surface area contributed by atoms with Crippen molar-refractivity contribution in [1.29, 1.82) is 0 Å². The fourth-order valence-corrected chi connectivity index (χ4v) is 2.22. The number of nitrogens with one attached hydrogen (secondary N) is 1. The van der Waals surface area contributed by atoms with E-state index in [1.807, 2.05) is 19.1 Å². The molecule has 1 N–H and O–H groups in total. The molecule has 4 heteroatoms. The van der Waals surface area contributed by atoms with Crippen LogP contribution in [0.2, 0.25) is 0 Å². The number of hydrogen-bond donors (Lipinski definition) is 1. The Labute approximate surface area is 100 Å². The normalized spacial score (nSPS) is 21.7. The van der Waals surface area contributed by atoms with Crippen molar-refractivity contribution in [3.8, 4) is 5.88 Å². The Morgan fingerprint density at radius 2 is 2.18 bits per heavy atom. The molecular formula is C13H17N3O. The third-order valence-electron chi connectivity index (χ3n) is 3.47. The number of H-pyrrole nitrogens is 1.